The van der Waals surface area contributed by atoms with E-state index in [9.17, 15) is 5.11 Å². The van der Waals surface area contributed by atoms with Crippen LogP contribution in [-0.4, -0.2) is 81.0 Å². The number of alkyl halides is 1. The summed E-state index contributed by atoms with van der Waals surface area (Å²) in [5.74, 6) is 0.0134. The lowest BCUT2D eigenvalue weighted by atomic mass is 9.88. The summed E-state index contributed by atoms with van der Waals surface area (Å²) in [6, 6.07) is 9.56. The third kappa shape index (κ3) is 4.61. The monoisotopic (exact) mass is 664 g/mol. The summed E-state index contributed by atoms with van der Waals surface area (Å²) in [5.41, 5.74) is -0.983. The predicted molar refractivity (Wildman–Crippen MR) is 170 cm³/mol. The molecule has 44 heavy (non-hydrogen) atoms. The molecule has 0 amide bonds. The number of benzene rings is 2. The average molecular weight is 666 g/mol. The summed E-state index contributed by atoms with van der Waals surface area (Å²) in [4.78, 5) is 18.5. The van der Waals surface area contributed by atoms with Crippen molar-refractivity contribution in [2.24, 2.45) is 0 Å². The third-order valence-corrected chi connectivity index (χ3v) is 11.0. The highest BCUT2D eigenvalue weighted by Crippen LogP contribution is 2.47. The number of nitrogens with one attached hydrogen (secondary N) is 1. The van der Waals surface area contributed by atoms with Gasteiger partial charge in [-0.3, -0.25) is 9.88 Å². The average Bonchev–Trinajstić information content (AvgIpc) is 3.64. The van der Waals surface area contributed by atoms with E-state index >= 15 is 8.78 Å². The Morgan fingerprint density at radius 2 is 2.00 bits per heavy atom. The molecule has 230 valence electrons. The Morgan fingerprint density at radius 1 is 1.18 bits per heavy atom. The second-order valence-electron chi connectivity index (χ2n) is 13.1. The second kappa shape index (κ2) is 10.5. The van der Waals surface area contributed by atoms with Gasteiger partial charge in [0, 0.05) is 59.8 Å². The maximum absolute atomic E-state index is 16.7. The first-order valence-corrected chi connectivity index (χ1v) is 16.4. The molecular formula is C33H35BrF2N6O2. The van der Waals surface area contributed by atoms with Crippen LogP contribution in [0.25, 0.3) is 32.9 Å². The minimum atomic E-state index is -1.23. The quantitative estimate of drug-likeness (QED) is 0.255. The minimum absolute atomic E-state index is 0.0172. The van der Waals surface area contributed by atoms with E-state index < -0.39 is 17.0 Å². The van der Waals surface area contributed by atoms with Gasteiger partial charge in [0.15, 0.2) is 5.82 Å². The van der Waals surface area contributed by atoms with E-state index in [1.165, 1.54) is 6.07 Å². The van der Waals surface area contributed by atoms with E-state index in [0.717, 1.165) is 60.6 Å². The highest BCUT2D eigenvalue weighted by Gasteiger charge is 2.55. The van der Waals surface area contributed by atoms with E-state index in [-0.39, 0.29) is 29.6 Å². The fourth-order valence-electron chi connectivity index (χ4n) is 8.12. The predicted octanol–water partition coefficient (Wildman–Crippen LogP) is 6.13. The Balaban J connectivity index is 1.24. The molecule has 0 radical (unpaired) electrons. The summed E-state index contributed by atoms with van der Waals surface area (Å²) >= 11 is 3.60. The van der Waals surface area contributed by atoms with E-state index in [1.807, 2.05) is 25.1 Å². The third-order valence-electron chi connectivity index (χ3n) is 10.3. The first kappa shape index (κ1) is 28.3. The lowest BCUT2D eigenvalue weighted by Crippen LogP contribution is -2.51. The van der Waals surface area contributed by atoms with Gasteiger partial charge in [0.1, 0.15) is 35.1 Å². The number of hydrogen-bond donors (Lipinski definition) is 2. The number of fused-ring (bicyclic) bond motifs is 5. The van der Waals surface area contributed by atoms with Crippen molar-refractivity contribution >= 4 is 43.4 Å². The van der Waals surface area contributed by atoms with Gasteiger partial charge in [-0.2, -0.15) is 9.97 Å². The first-order chi connectivity index (χ1) is 21.2. The van der Waals surface area contributed by atoms with Gasteiger partial charge >= 0.3 is 6.01 Å². The standard InChI is InChI=1S/C33H35BrF2N6O2/c1-2-32(36)16-33(9-4-10-42(33)17-32)18-44-31-39-29-24(30(40-31)41-14-20-7-8-21(15-41)38-20)13-37-28(27(29)35)23-12-22(43)11-19-5-3-6-25(34)26(19)23/h3,5-6,11-13,20-21,38,43H,2,4,7-10,14-18H2,1H3/t20?,21?,32-,33-/m1/s1. The normalized spacial score (nSPS) is 28.3. The molecule has 4 aliphatic rings. The molecule has 8 rings (SSSR count). The Kier molecular flexibility index (Phi) is 6.73. The molecule has 2 aromatic heterocycles. The van der Waals surface area contributed by atoms with Gasteiger partial charge < -0.3 is 20.1 Å². The number of piperazine rings is 1. The molecule has 4 aromatic rings. The molecule has 4 atom stereocenters. The smallest absolute Gasteiger partial charge is 0.319 e. The summed E-state index contributed by atoms with van der Waals surface area (Å²) in [5, 5.41) is 16.2. The van der Waals surface area contributed by atoms with Crippen molar-refractivity contribution in [3.63, 3.8) is 0 Å². The van der Waals surface area contributed by atoms with Crippen LogP contribution in [-0.2, 0) is 0 Å². The topological polar surface area (TPSA) is 86.6 Å². The zero-order valence-electron chi connectivity index (χ0n) is 24.6. The Hall–Kier alpha value is -3.15. The molecular weight excluding hydrogens is 630 g/mol. The number of phenols is 1. The van der Waals surface area contributed by atoms with Crippen molar-refractivity contribution in [2.75, 3.05) is 37.7 Å². The van der Waals surface area contributed by atoms with Crippen LogP contribution < -0.4 is 15.0 Å². The van der Waals surface area contributed by atoms with Crippen LogP contribution in [0, 0.1) is 5.82 Å². The largest absolute Gasteiger partial charge is 0.508 e. The van der Waals surface area contributed by atoms with Gasteiger partial charge in [0.25, 0.3) is 0 Å². The SMILES string of the molecule is CC[C@]1(F)CN2CCC[C@]2(COc2nc(N3CC4CCC(C3)N4)c3cnc(-c4cc(O)cc5cccc(Br)c45)c(F)c3n2)C1. The van der Waals surface area contributed by atoms with Crippen molar-refractivity contribution in [1.82, 2.24) is 25.2 Å². The van der Waals surface area contributed by atoms with E-state index in [4.69, 9.17) is 9.72 Å². The molecule has 2 N–H and O–H groups in total. The van der Waals surface area contributed by atoms with Crippen molar-refractivity contribution in [2.45, 2.75) is 68.7 Å². The maximum atomic E-state index is 16.7. The summed E-state index contributed by atoms with van der Waals surface area (Å²) in [6.07, 6.45) is 6.54. The molecule has 0 aliphatic carbocycles. The fraction of sp³-hybridized carbons (Fsp3) is 0.485. The molecule has 8 nitrogen and oxygen atoms in total. The Bertz CT molecular complexity index is 1780. The number of ether oxygens (including phenoxy) is 1. The summed E-state index contributed by atoms with van der Waals surface area (Å²) < 4.78 is 39.4. The molecule has 2 aromatic carbocycles. The van der Waals surface area contributed by atoms with Gasteiger partial charge in [-0.05, 0) is 62.2 Å². The number of rotatable bonds is 6. The number of aromatic nitrogens is 3. The van der Waals surface area contributed by atoms with Gasteiger partial charge in [0.2, 0.25) is 0 Å². The maximum Gasteiger partial charge on any atom is 0.319 e. The zero-order valence-corrected chi connectivity index (χ0v) is 26.2. The van der Waals surface area contributed by atoms with Crippen molar-refractivity contribution in [1.29, 1.82) is 0 Å². The molecule has 4 saturated heterocycles. The van der Waals surface area contributed by atoms with Crippen LogP contribution in [0.15, 0.2) is 41.0 Å². The van der Waals surface area contributed by atoms with Gasteiger partial charge in [-0.15, -0.1) is 0 Å². The van der Waals surface area contributed by atoms with Crippen LogP contribution >= 0.6 is 15.9 Å². The van der Waals surface area contributed by atoms with Gasteiger partial charge in [0.05, 0.1) is 10.9 Å². The number of halogens is 3. The molecule has 0 spiro atoms. The van der Waals surface area contributed by atoms with Crippen molar-refractivity contribution in [3.05, 3.63) is 46.8 Å². The van der Waals surface area contributed by atoms with Crippen LogP contribution in [0.2, 0.25) is 0 Å². The summed E-state index contributed by atoms with van der Waals surface area (Å²) in [6.45, 7) is 4.90. The van der Waals surface area contributed by atoms with Crippen molar-refractivity contribution in [3.8, 4) is 23.0 Å². The van der Waals surface area contributed by atoms with E-state index in [2.05, 4.69) is 41.0 Å². The number of phenolic OH excluding ortho intramolecular Hbond substituents is 1. The van der Waals surface area contributed by atoms with E-state index in [0.29, 0.717) is 48.2 Å². The lowest BCUT2D eigenvalue weighted by Gasteiger charge is -2.34. The van der Waals surface area contributed by atoms with Crippen LogP contribution in [0.5, 0.6) is 11.8 Å². The zero-order chi connectivity index (χ0) is 30.2. The lowest BCUT2D eigenvalue weighted by molar-refractivity contribution is 0.106. The number of nitrogens with zero attached hydrogens (tertiary/aromatic N) is 5. The second-order valence-corrected chi connectivity index (χ2v) is 14.0. The molecule has 0 saturated carbocycles. The Labute approximate surface area is 263 Å². The van der Waals surface area contributed by atoms with Crippen LogP contribution in [0.1, 0.15) is 45.4 Å². The van der Waals surface area contributed by atoms with Crippen LogP contribution in [0.3, 0.4) is 0 Å². The number of pyridine rings is 1. The molecule has 4 fully saturated rings. The van der Waals surface area contributed by atoms with E-state index in [1.54, 1.807) is 12.3 Å². The number of anilines is 1. The van der Waals surface area contributed by atoms with Crippen LogP contribution in [0.4, 0.5) is 14.6 Å². The number of hydrogen-bond acceptors (Lipinski definition) is 8. The fourth-order valence-corrected chi connectivity index (χ4v) is 8.71. The summed E-state index contributed by atoms with van der Waals surface area (Å²) in [7, 11) is 0. The van der Waals surface area contributed by atoms with Gasteiger partial charge in [-0.1, -0.05) is 35.0 Å². The Morgan fingerprint density at radius 3 is 2.80 bits per heavy atom. The highest BCUT2D eigenvalue weighted by atomic mass is 79.9. The van der Waals surface area contributed by atoms with Crippen molar-refractivity contribution < 1.29 is 18.6 Å². The first-order valence-electron chi connectivity index (χ1n) is 15.6. The molecule has 4 aliphatic heterocycles. The number of aromatic hydroxyl groups is 1. The minimum Gasteiger partial charge on any atom is -0.508 e. The molecule has 2 bridgehead atoms. The molecule has 11 heteroatoms. The molecule has 6 heterocycles. The van der Waals surface area contributed by atoms with Gasteiger partial charge in [-0.25, -0.2) is 8.78 Å². The highest BCUT2D eigenvalue weighted by molar-refractivity contribution is 9.10. The molecule has 2 unspecified atom stereocenters.